The molecular weight excluding hydrogens is 440 g/mol. The maximum absolute atomic E-state index is 12.8. The SMILES string of the molecule is CC1CCc2c(sc(NC(=O)COC(=O)c3ccc4ccccc4n3)c2C(=O)OC(C)C)C1. The summed E-state index contributed by atoms with van der Waals surface area (Å²) in [4.78, 5) is 43.1. The summed E-state index contributed by atoms with van der Waals surface area (Å²) in [7, 11) is 0. The van der Waals surface area contributed by atoms with Gasteiger partial charge in [0.15, 0.2) is 6.61 Å². The largest absolute Gasteiger partial charge is 0.459 e. The van der Waals surface area contributed by atoms with E-state index in [9.17, 15) is 14.4 Å². The van der Waals surface area contributed by atoms with Gasteiger partial charge in [0.2, 0.25) is 0 Å². The fourth-order valence-electron chi connectivity index (χ4n) is 3.88. The summed E-state index contributed by atoms with van der Waals surface area (Å²) in [5.74, 6) is -1.13. The van der Waals surface area contributed by atoms with Crippen LogP contribution in [0.3, 0.4) is 0 Å². The molecule has 0 fully saturated rings. The number of fused-ring (bicyclic) bond motifs is 2. The maximum atomic E-state index is 12.8. The van der Waals surface area contributed by atoms with Crippen LogP contribution >= 0.6 is 11.3 Å². The smallest absolute Gasteiger partial charge is 0.357 e. The third kappa shape index (κ3) is 5.22. The number of esters is 2. The Hall–Kier alpha value is -3.26. The van der Waals surface area contributed by atoms with Crippen LogP contribution in [0.5, 0.6) is 0 Å². The molecule has 0 saturated carbocycles. The molecule has 0 aliphatic heterocycles. The van der Waals surface area contributed by atoms with Gasteiger partial charge in [0.05, 0.1) is 17.2 Å². The number of carbonyl (C=O) groups excluding carboxylic acids is 3. The first-order chi connectivity index (χ1) is 15.8. The summed E-state index contributed by atoms with van der Waals surface area (Å²) >= 11 is 1.40. The van der Waals surface area contributed by atoms with Crippen LogP contribution in [0.4, 0.5) is 5.00 Å². The lowest BCUT2D eigenvalue weighted by atomic mass is 9.88. The Morgan fingerprint density at radius 2 is 1.94 bits per heavy atom. The molecule has 0 radical (unpaired) electrons. The first-order valence-electron chi connectivity index (χ1n) is 11.0. The van der Waals surface area contributed by atoms with E-state index in [4.69, 9.17) is 9.47 Å². The number of para-hydroxylation sites is 1. The summed E-state index contributed by atoms with van der Waals surface area (Å²) in [6.45, 7) is 5.27. The number of rotatable bonds is 6. The van der Waals surface area contributed by atoms with Gasteiger partial charge in [-0.3, -0.25) is 4.79 Å². The quantitative estimate of drug-likeness (QED) is 0.525. The molecule has 1 unspecified atom stereocenters. The number of benzene rings is 1. The fourth-order valence-corrected chi connectivity index (χ4v) is 5.29. The van der Waals surface area contributed by atoms with E-state index >= 15 is 0 Å². The zero-order valence-electron chi connectivity index (χ0n) is 18.8. The molecule has 7 nitrogen and oxygen atoms in total. The highest BCUT2D eigenvalue weighted by Crippen LogP contribution is 2.40. The molecule has 2 heterocycles. The van der Waals surface area contributed by atoms with Gasteiger partial charge >= 0.3 is 11.9 Å². The van der Waals surface area contributed by atoms with Crippen molar-refractivity contribution in [3.05, 3.63) is 58.1 Å². The molecule has 1 aliphatic rings. The number of anilines is 1. The molecule has 0 bridgehead atoms. The third-order valence-electron chi connectivity index (χ3n) is 5.45. The summed E-state index contributed by atoms with van der Waals surface area (Å²) in [5, 5.41) is 4.11. The van der Waals surface area contributed by atoms with E-state index < -0.39 is 24.5 Å². The molecule has 172 valence electrons. The number of hydrogen-bond acceptors (Lipinski definition) is 7. The number of pyridine rings is 1. The van der Waals surface area contributed by atoms with Crippen LogP contribution < -0.4 is 5.32 Å². The van der Waals surface area contributed by atoms with Crippen LogP contribution in [0.15, 0.2) is 36.4 Å². The molecule has 3 aromatic rings. The normalized spacial score (nSPS) is 15.2. The van der Waals surface area contributed by atoms with E-state index in [1.165, 1.54) is 11.3 Å². The summed E-state index contributed by atoms with van der Waals surface area (Å²) in [5.41, 5.74) is 2.18. The fraction of sp³-hybridized carbons (Fsp3) is 0.360. The number of thiophene rings is 1. The van der Waals surface area contributed by atoms with Crippen molar-refractivity contribution in [2.24, 2.45) is 5.92 Å². The predicted molar refractivity (Wildman–Crippen MR) is 127 cm³/mol. The minimum Gasteiger partial charge on any atom is -0.459 e. The van der Waals surface area contributed by atoms with Crippen molar-refractivity contribution in [2.45, 2.75) is 46.1 Å². The average molecular weight is 467 g/mol. The van der Waals surface area contributed by atoms with Crippen LogP contribution in [-0.2, 0) is 27.1 Å². The monoisotopic (exact) mass is 466 g/mol. The lowest BCUT2D eigenvalue weighted by Crippen LogP contribution is -2.23. The van der Waals surface area contributed by atoms with E-state index in [-0.39, 0.29) is 11.8 Å². The number of amides is 1. The Kier molecular flexibility index (Phi) is 6.74. The lowest BCUT2D eigenvalue weighted by Gasteiger charge is -2.18. The molecular formula is C25H26N2O5S. The molecule has 1 aliphatic carbocycles. The van der Waals surface area contributed by atoms with E-state index in [0.717, 1.165) is 35.1 Å². The molecule has 1 N–H and O–H groups in total. The van der Waals surface area contributed by atoms with Gasteiger partial charge in [0.25, 0.3) is 5.91 Å². The second-order valence-corrected chi connectivity index (χ2v) is 9.63. The highest BCUT2D eigenvalue weighted by Gasteiger charge is 2.29. The summed E-state index contributed by atoms with van der Waals surface area (Å²) < 4.78 is 10.6. The van der Waals surface area contributed by atoms with E-state index in [0.29, 0.717) is 22.0 Å². The van der Waals surface area contributed by atoms with E-state index in [1.807, 2.05) is 18.2 Å². The molecule has 1 aromatic carbocycles. The van der Waals surface area contributed by atoms with Gasteiger partial charge in [-0.05, 0) is 56.7 Å². The summed E-state index contributed by atoms with van der Waals surface area (Å²) in [6, 6.07) is 10.8. The number of nitrogens with zero attached hydrogens (tertiary/aromatic N) is 1. The number of aromatic nitrogens is 1. The number of ether oxygens (including phenoxy) is 2. The highest BCUT2D eigenvalue weighted by atomic mass is 32.1. The number of carbonyl (C=O) groups is 3. The van der Waals surface area contributed by atoms with Gasteiger partial charge in [-0.25, -0.2) is 14.6 Å². The number of hydrogen-bond donors (Lipinski definition) is 1. The molecule has 1 amide bonds. The first kappa shape index (κ1) is 22.9. The van der Waals surface area contributed by atoms with Crippen LogP contribution in [0.25, 0.3) is 10.9 Å². The lowest BCUT2D eigenvalue weighted by molar-refractivity contribution is -0.119. The van der Waals surface area contributed by atoms with Crippen LogP contribution in [0, 0.1) is 5.92 Å². The Balaban J connectivity index is 1.46. The van der Waals surface area contributed by atoms with Crippen molar-refractivity contribution in [1.29, 1.82) is 0 Å². The minimum atomic E-state index is -0.686. The maximum Gasteiger partial charge on any atom is 0.357 e. The Labute approximate surface area is 196 Å². The highest BCUT2D eigenvalue weighted by molar-refractivity contribution is 7.17. The number of nitrogens with one attached hydrogen (secondary N) is 1. The second kappa shape index (κ2) is 9.70. The molecule has 33 heavy (non-hydrogen) atoms. The van der Waals surface area contributed by atoms with Gasteiger partial charge in [-0.15, -0.1) is 11.3 Å². The van der Waals surface area contributed by atoms with Gasteiger partial charge in [-0.1, -0.05) is 31.2 Å². The van der Waals surface area contributed by atoms with Gasteiger partial charge < -0.3 is 14.8 Å². The van der Waals surface area contributed by atoms with E-state index in [1.54, 1.807) is 32.0 Å². The van der Waals surface area contributed by atoms with Crippen LogP contribution in [0.2, 0.25) is 0 Å². The van der Waals surface area contributed by atoms with E-state index in [2.05, 4.69) is 17.2 Å². The Bertz CT molecular complexity index is 1220. The standard InChI is InChI=1S/C25H26N2O5S/c1-14(2)32-25(30)22-17-10-8-15(3)12-20(17)33-23(22)27-21(28)13-31-24(29)19-11-9-16-6-4-5-7-18(16)26-19/h4-7,9,11,14-15H,8,10,12-13H2,1-3H3,(H,27,28). The second-order valence-electron chi connectivity index (χ2n) is 8.52. The van der Waals surface area contributed by atoms with Crippen molar-refractivity contribution >= 4 is 45.1 Å². The predicted octanol–water partition coefficient (Wildman–Crippen LogP) is 4.78. The molecule has 4 rings (SSSR count). The summed E-state index contributed by atoms with van der Waals surface area (Å²) in [6.07, 6.45) is 2.35. The van der Waals surface area contributed by atoms with Crippen LogP contribution in [-0.4, -0.2) is 35.5 Å². The average Bonchev–Trinajstić information content (AvgIpc) is 3.13. The first-order valence-corrected chi connectivity index (χ1v) is 11.8. The molecule has 1 atom stereocenters. The van der Waals surface area contributed by atoms with Crippen molar-refractivity contribution in [3.8, 4) is 0 Å². The topological polar surface area (TPSA) is 94.6 Å². The zero-order chi connectivity index (χ0) is 23.5. The Morgan fingerprint density at radius 1 is 1.15 bits per heavy atom. The van der Waals surface area contributed by atoms with Crippen molar-refractivity contribution in [1.82, 2.24) is 4.98 Å². The van der Waals surface area contributed by atoms with Gasteiger partial charge in [0, 0.05) is 10.3 Å². The van der Waals surface area contributed by atoms with Crippen molar-refractivity contribution in [3.63, 3.8) is 0 Å². The van der Waals surface area contributed by atoms with Crippen molar-refractivity contribution in [2.75, 3.05) is 11.9 Å². The van der Waals surface area contributed by atoms with Crippen LogP contribution in [0.1, 0.15) is 58.5 Å². The Morgan fingerprint density at radius 3 is 2.73 bits per heavy atom. The van der Waals surface area contributed by atoms with Gasteiger partial charge in [-0.2, -0.15) is 0 Å². The van der Waals surface area contributed by atoms with Gasteiger partial charge in [0.1, 0.15) is 10.7 Å². The van der Waals surface area contributed by atoms with Crippen molar-refractivity contribution < 1.29 is 23.9 Å². The molecule has 2 aromatic heterocycles. The third-order valence-corrected chi connectivity index (χ3v) is 6.62. The zero-order valence-corrected chi connectivity index (χ0v) is 19.7. The molecule has 0 spiro atoms. The molecule has 8 heteroatoms. The minimum absolute atomic E-state index is 0.128. The molecule has 0 saturated heterocycles.